The van der Waals surface area contributed by atoms with Crippen LogP contribution in [0.3, 0.4) is 0 Å². The number of aryl methyl sites for hydroxylation is 1. The van der Waals surface area contributed by atoms with Crippen molar-refractivity contribution in [3.05, 3.63) is 65.6 Å². The first-order chi connectivity index (χ1) is 14.5. The lowest BCUT2D eigenvalue weighted by Crippen LogP contribution is -2.58. The Morgan fingerprint density at radius 2 is 2.10 bits per heavy atom. The number of ether oxygens (including phenoxy) is 1. The smallest absolute Gasteiger partial charge is 0.215 e. The summed E-state index contributed by atoms with van der Waals surface area (Å²) >= 11 is 0. The van der Waals surface area contributed by atoms with Crippen LogP contribution in [-0.4, -0.2) is 43.9 Å². The Kier molecular flexibility index (Phi) is 5.29. The van der Waals surface area contributed by atoms with Gasteiger partial charge in [0.05, 0.1) is 29.7 Å². The molecular formula is C22H22N6O2. The average Bonchev–Trinajstić information content (AvgIpc) is 3.29. The number of piperidine rings is 1. The van der Waals surface area contributed by atoms with E-state index in [4.69, 9.17) is 4.74 Å². The molecule has 2 aromatic heterocycles. The molecular weight excluding hydrogens is 380 g/mol. The number of para-hydroxylation sites is 1. The predicted octanol–water partition coefficient (Wildman–Crippen LogP) is 2.61. The average molecular weight is 402 g/mol. The molecule has 1 fully saturated rings. The lowest BCUT2D eigenvalue weighted by molar-refractivity contribution is 0.0264. The van der Waals surface area contributed by atoms with E-state index >= 15 is 0 Å². The molecule has 0 spiro atoms. The van der Waals surface area contributed by atoms with Crippen LogP contribution >= 0.6 is 0 Å². The Morgan fingerprint density at radius 1 is 1.30 bits per heavy atom. The van der Waals surface area contributed by atoms with Gasteiger partial charge in [-0.05, 0) is 44.4 Å². The molecule has 1 N–H and O–H groups in total. The highest BCUT2D eigenvalue weighted by molar-refractivity contribution is 6.06. The molecule has 3 aromatic rings. The molecule has 30 heavy (non-hydrogen) atoms. The standard InChI is InChI=1S/C22H22N6O2/c1-15-4-3-5-18(20(15)28-26-10-11-27-28)21(29)22(8-6-16(2)25-14-22)30-19-12-17(13-23)7-9-24-19/h3-5,7,9-12,16,25H,6,8,14H2,1-2H3/t16-,22-/m1/s1. The lowest BCUT2D eigenvalue weighted by Gasteiger charge is -2.38. The summed E-state index contributed by atoms with van der Waals surface area (Å²) in [6, 6.07) is 11.0. The minimum atomic E-state index is -1.15. The van der Waals surface area contributed by atoms with E-state index in [1.807, 2.05) is 19.1 Å². The van der Waals surface area contributed by atoms with Crippen LogP contribution in [0.25, 0.3) is 5.69 Å². The Morgan fingerprint density at radius 3 is 2.80 bits per heavy atom. The largest absolute Gasteiger partial charge is 0.461 e. The first-order valence-electron chi connectivity index (χ1n) is 9.82. The molecule has 1 saturated heterocycles. The summed E-state index contributed by atoms with van der Waals surface area (Å²) in [6.07, 6.45) is 5.96. The molecule has 0 saturated carbocycles. The number of nitrogens with zero attached hydrogens (tertiary/aromatic N) is 5. The van der Waals surface area contributed by atoms with E-state index in [-0.39, 0.29) is 17.7 Å². The molecule has 1 aliphatic rings. The Bertz CT molecular complexity index is 1100. The second kappa shape index (κ2) is 8.05. The van der Waals surface area contributed by atoms with E-state index in [2.05, 4.69) is 33.5 Å². The molecule has 152 valence electrons. The van der Waals surface area contributed by atoms with Crippen LogP contribution in [0, 0.1) is 18.3 Å². The number of carbonyl (C=O) groups is 1. The van der Waals surface area contributed by atoms with Gasteiger partial charge in [0.2, 0.25) is 11.7 Å². The van der Waals surface area contributed by atoms with E-state index < -0.39 is 5.60 Å². The van der Waals surface area contributed by atoms with Gasteiger partial charge in [0.25, 0.3) is 0 Å². The molecule has 0 radical (unpaired) electrons. The summed E-state index contributed by atoms with van der Waals surface area (Å²) in [5.41, 5.74) is 1.28. The number of pyridine rings is 1. The highest BCUT2D eigenvalue weighted by atomic mass is 16.5. The zero-order chi connectivity index (χ0) is 21.1. The number of aromatic nitrogens is 4. The molecule has 0 aliphatic carbocycles. The van der Waals surface area contributed by atoms with Gasteiger partial charge in [0, 0.05) is 30.4 Å². The number of hydrogen-bond donors (Lipinski definition) is 1. The number of carbonyl (C=O) groups excluding carboxylic acids is 1. The maximum absolute atomic E-state index is 13.9. The van der Waals surface area contributed by atoms with Crippen molar-refractivity contribution in [2.24, 2.45) is 0 Å². The van der Waals surface area contributed by atoms with Gasteiger partial charge in [-0.2, -0.15) is 20.3 Å². The highest BCUT2D eigenvalue weighted by Gasteiger charge is 2.45. The van der Waals surface area contributed by atoms with Gasteiger partial charge < -0.3 is 10.1 Å². The molecule has 2 atom stereocenters. The molecule has 1 aromatic carbocycles. The maximum atomic E-state index is 13.9. The number of nitriles is 1. The molecule has 0 amide bonds. The number of Topliss-reactive ketones (excluding diaryl/α,β-unsaturated/α-hetero) is 1. The predicted molar refractivity (Wildman–Crippen MR) is 109 cm³/mol. The van der Waals surface area contributed by atoms with Gasteiger partial charge in [-0.15, -0.1) is 0 Å². The molecule has 0 bridgehead atoms. The first kappa shape index (κ1) is 19.7. The number of ketones is 1. The van der Waals surface area contributed by atoms with Gasteiger partial charge in [0.15, 0.2) is 5.60 Å². The van der Waals surface area contributed by atoms with E-state index in [0.717, 1.165) is 12.0 Å². The van der Waals surface area contributed by atoms with Crippen molar-refractivity contribution in [2.45, 2.75) is 38.3 Å². The highest BCUT2D eigenvalue weighted by Crippen LogP contribution is 2.32. The zero-order valence-electron chi connectivity index (χ0n) is 16.9. The van der Waals surface area contributed by atoms with Crippen molar-refractivity contribution in [1.82, 2.24) is 25.3 Å². The maximum Gasteiger partial charge on any atom is 0.215 e. The molecule has 4 rings (SSSR count). The fraction of sp³-hybridized carbons (Fsp3) is 0.318. The quantitative estimate of drug-likeness (QED) is 0.654. The Labute approximate surface area is 174 Å². The van der Waals surface area contributed by atoms with Gasteiger partial charge in [-0.1, -0.05) is 12.1 Å². The van der Waals surface area contributed by atoms with E-state index in [9.17, 15) is 10.1 Å². The summed E-state index contributed by atoms with van der Waals surface area (Å²) < 4.78 is 6.24. The summed E-state index contributed by atoms with van der Waals surface area (Å²) in [7, 11) is 0. The Balaban J connectivity index is 1.78. The van der Waals surface area contributed by atoms with Gasteiger partial charge >= 0.3 is 0 Å². The van der Waals surface area contributed by atoms with Crippen molar-refractivity contribution >= 4 is 5.78 Å². The number of benzene rings is 1. The van der Waals surface area contributed by atoms with E-state index in [1.54, 1.807) is 30.6 Å². The summed E-state index contributed by atoms with van der Waals surface area (Å²) in [6.45, 7) is 4.34. The van der Waals surface area contributed by atoms with Crippen molar-refractivity contribution < 1.29 is 9.53 Å². The summed E-state index contributed by atoms with van der Waals surface area (Å²) in [5, 5.41) is 21.0. The lowest BCUT2D eigenvalue weighted by atomic mass is 9.83. The van der Waals surface area contributed by atoms with Gasteiger partial charge in [-0.25, -0.2) is 4.98 Å². The monoisotopic (exact) mass is 402 g/mol. The van der Waals surface area contributed by atoms with E-state index in [0.29, 0.717) is 29.8 Å². The molecule has 8 heteroatoms. The second-order valence-corrected chi connectivity index (χ2v) is 7.53. The van der Waals surface area contributed by atoms with Gasteiger partial charge in [-0.3, -0.25) is 4.79 Å². The van der Waals surface area contributed by atoms with Crippen LogP contribution < -0.4 is 10.1 Å². The van der Waals surface area contributed by atoms with Crippen LogP contribution in [0.4, 0.5) is 0 Å². The zero-order valence-corrected chi connectivity index (χ0v) is 16.9. The van der Waals surface area contributed by atoms with Crippen LogP contribution in [0.2, 0.25) is 0 Å². The molecule has 1 aliphatic heterocycles. The van der Waals surface area contributed by atoms with Crippen molar-refractivity contribution in [2.75, 3.05) is 6.54 Å². The van der Waals surface area contributed by atoms with Crippen molar-refractivity contribution in [1.29, 1.82) is 5.26 Å². The van der Waals surface area contributed by atoms with Gasteiger partial charge in [0.1, 0.15) is 0 Å². The molecule has 3 heterocycles. The number of rotatable bonds is 5. The van der Waals surface area contributed by atoms with Crippen molar-refractivity contribution in [3.63, 3.8) is 0 Å². The third-order valence-electron chi connectivity index (χ3n) is 5.40. The topological polar surface area (TPSA) is 106 Å². The van der Waals surface area contributed by atoms with Crippen LogP contribution in [0.15, 0.2) is 48.9 Å². The van der Waals surface area contributed by atoms with Crippen molar-refractivity contribution in [3.8, 4) is 17.6 Å². The number of nitrogens with one attached hydrogen (secondary N) is 1. The fourth-order valence-electron chi connectivity index (χ4n) is 3.73. The molecule has 0 unspecified atom stereocenters. The summed E-state index contributed by atoms with van der Waals surface area (Å²) in [4.78, 5) is 19.6. The SMILES string of the molecule is Cc1cccc(C(=O)[C@@]2(Oc3cc(C#N)ccn3)CC[C@@H](C)NC2)c1-n1nccn1. The Hall–Kier alpha value is -3.57. The third kappa shape index (κ3) is 3.67. The number of hydrogen-bond acceptors (Lipinski definition) is 7. The minimum absolute atomic E-state index is 0.165. The summed E-state index contributed by atoms with van der Waals surface area (Å²) in [5.74, 6) is 0.0900. The minimum Gasteiger partial charge on any atom is -0.461 e. The van der Waals surface area contributed by atoms with Crippen LogP contribution in [0.1, 0.15) is 41.3 Å². The van der Waals surface area contributed by atoms with E-state index in [1.165, 1.54) is 11.0 Å². The second-order valence-electron chi connectivity index (χ2n) is 7.53. The normalized spacial score (nSPS) is 21.0. The third-order valence-corrected chi connectivity index (χ3v) is 5.40. The fourth-order valence-corrected chi connectivity index (χ4v) is 3.73. The van der Waals surface area contributed by atoms with Crippen LogP contribution in [-0.2, 0) is 0 Å². The van der Waals surface area contributed by atoms with Crippen LogP contribution in [0.5, 0.6) is 5.88 Å². The molecule has 8 nitrogen and oxygen atoms in total. The first-order valence-corrected chi connectivity index (χ1v) is 9.82.